The summed E-state index contributed by atoms with van der Waals surface area (Å²) in [5.74, 6) is -2.38. The van der Waals surface area contributed by atoms with Gasteiger partial charge in [-0.3, -0.25) is 10.1 Å². The Kier molecular flexibility index (Phi) is 4.78. The predicted molar refractivity (Wildman–Crippen MR) is 64.1 cm³/mol. The van der Waals surface area contributed by atoms with Crippen LogP contribution >= 0.6 is 0 Å². The Balaban J connectivity index is 2.83. The van der Waals surface area contributed by atoms with Crippen LogP contribution < -0.4 is 5.32 Å². The Bertz CT molecular complexity index is 417. The number of carboxylic acids is 1. The molecule has 1 rings (SSSR count). The summed E-state index contributed by atoms with van der Waals surface area (Å²) >= 11 is 0. The largest absolute Gasteiger partial charge is 0.480 e. The Morgan fingerprint density at radius 1 is 1.39 bits per heavy atom. The van der Waals surface area contributed by atoms with Crippen molar-refractivity contribution in [1.29, 1.82) is 0 Å². The van der Waals surface area contributed by atoms with Crippen LogP contribution in [0.4, 0.5) is 8.78 Å². The Morgan fingerprint density at radius 3 is 2.39 bits per heavy atom. The molecule has 0 aromatic heterocycles. The van der Waals surface area contributed by atoms with E-state index >= 15 is 0 Å². The van der Waals surface area contributed by atoms with Gasteiger partial charge in [-0.2, -0.15) is 0 Å². The number of halogens is 2. The van der Waals surface area contributed by atoms with E-state index in [1.807, 2.05) is 6.92 Å². The summed E-state index contributed by atoms with van der Waals surface area (Å²) in [7, 11) is 0. The summed E-state index contributed by atoms with van der Waals surface area (Å²) in [5, 5.41) is 11.8. The fraction of sp³-hybridized carbons (Fsp3) is 0.462. The minimum atomic E-state index is -1.18. The van der Waals surface area contributed by atoms with Crippen molar-refractivity contribution in [1.82, 2.24) is 5.32 Å². The SMILES string of the molecule is CCCC(C)(NCc1c(F)cccc1F)C(=O)O. The standard InChI is InChI=1S/C13H17F2NO2/c1-3-7-13(2,12(17)18)16-8-9-10(14)5-4-6-11(9)15/h4-6,16H,3,7-8H2,1-2H3,(H,17,18). The van der Waals surface area contributed by atoms with Gasteiger partial charge in [-0.15, -0.1) is 0 Å². The lowest BCUT2D eigenvalue weighted by Crippen LogP contribution is -2.49. The summed E-state index contributed by atoms with van der Waals surface area (Å²) in [4.78, 5) is 11.2. The highest BCUT2D eigenvalue weighted by molar-refractivity contribution is 5.78. The van der Waals surface area contributed by atoms with E-state index in [4.69, 9.17) is 5.11 Å². The van der Waals surface area contributed by atoms with Gasteiger partial charge in [0.25, 0.3) is 0 Å². The van der Waals surface area contributed by atoms with Crippen molar-refractivity contribution in [2.75, 3.05) is 0 Å². The van der Waals surface area contributed by atoms with Gasteiger partial charge in [0.05, 0.1) is 0 Å². The third-order valence-corrected chi connectivity index (χ3v) is 2.94. The number of hydrogen-bond acceptors (Lipinski definition) is 2. The van der Waals surface area contributed by atoms with Crippen LogP contribution in [0.2, 0.25) is 0 Å². The van der Waals surface area contributed by atoms with Gasteiger partial charge in [-0.1, -0.05) is 19.4 Å². The van der Waals surface area contributed by atoms with Crippen LogP contribution in [0.5, 0.6) is 0 Å². The minimum absolute atomic E-state index is 0.138. The monoisotopic (exact) mass is 257 g/mol. The molecule has 1 atom stereocenters. The van der Waals surface area contributed by atoms with Crippen molar-refractivity contribution < 1.29 is 18.7 Å². The molecule has 0 aliphatic carbocycles. The van der Waals surface area contributed by atoms with E-state index in [-0.39, 0.29) is 12.1 Å². The van der Waals surface area contributed by atoms with Crippen LogP contribution in [0.3, 0.4) is 0 Å². The van der Waals surface area contributed by atoms with Gasteiger partial charge in [-0.05, 0) is 25.5 Å². The van der Waals surface area contributed by atoms with Gasteiger partial charge in [0.1, 0.15) is 17.2 Å². The molecule has 5 heteroatoms. The van der Waals surface area contributed by atoms with Crippen LogP contribution in [0.15, 0.2) is 18.2 Å². The first-order valence-corrected chi connectivity index (χ1v) is 5.82. The molecule has 1 unspecified atom stereocenters. The maximum atomic E-state index is 13.4. The molecular weight excluding hydrogens is 240 g/mol. The molecule has 0 saturated heterocycles. The zero-order chi connectivity index (χ0) is 13.8. The van der Waals surface area contributed by atoms with Gasteiger partial charge in [0.2, 0.25) is 0 Å². The van der Waals surface area contributed by atoms with Gasteiger partial charge < -0.3 is 5.11 Å². The first-order chi connectivity index (χ1) is 8.40. The molecule has 0 saturated carbocycles. The highest BCUT2D eigenvalue weighted by atomic mass is 19.1. The van der Waals surface area contributed by atoms with E-state index in [2.05, 4.69) is 5.32 Å². The molecule has 3 nitrogen and oxygen atoms in total. The number of carbonyl (C=O) groups is 1. The molecule has 0 bridgehead atoms. The van der Waals surface area contributed by atoms with Crippen molar-refractivity contribution in [3.63, 3.8) is 0 Å². The Morgan fingerprint density at radius 2 is 1.94 bits per heavy atom. The molecule has 1 aromatic carbocycles. The minimum Gasteiger partial charge on any atom is -0.480 e. The lowest BCUT2D eigenvalue weighted by atomic mass is 9.96. The van der Waals surface area contributed by atoms with Crippen molar-refractivity contribution in [3.8, 4) is 0 Å². The number of aliphatic carboxylic acids is 1. The van der Waals surface area contributed by atoms with Crippen LogP contribution in [-0.2, 0) is 11.3 Å². The molecule has 0 heterocycles. The highest BCUT2D eigenvalue weighted by Crippen LogP contribution is 2.17. The average Bonchev–Trinajstić information content (AvgIpc) is 2.28. The Hall–Kier alpha value is -1.49. The molecular formula is C13H17F2NO2. The van der Waals surface area contributed by atoms with Crippen molar-refractivity contribution in [2.24, 2.45) is 0 Å². The van der Waals surface area contributed by atoms with E-state index < -0.39 is 23.1 Å². The smallest absolute Gasteiger partial charge is 0.323 e. The highest BCUT2D eigenvalue weighted by Gasteiger charge is 2.31. The third kappa shape index (κ3) is 3.26. The normalized spacial score (nSPS) is 14.2. The number of hydrogen-bond donors (Lipinski definition) is 2. The summed E-state index contributed by atoms with van der Waals surface area (Å²) in [5.41, 5.74) is -1.32. The molecule has 2 N–H and O–H groups in total. The van der Waals surface area contributed by atoms with Crippen LogP contribution in [0.25, 0.3) is 0 Å². The van der Waals surface area contributed by atoms with E-state index in [9.17, 15) is 13.6 Å². The quantitative estimate of drug-likeness (QED) is 0.823. The Labute approximate surface area is 105 Å². The van der Waals surface area contributed by atoms with Crippen molar-refractivity contribution in [2.45, 2.75) is 38.8 Å². The van der Waals surface area contributed by atoms with Crippen molar-refractivity contribution >= 4 is 5.97 Å². The van der Waals surface area contributed by atoms with Gasteiger partial charge >= 0.3 is 5.97 Å². The number of carboxylic acid groups (broad SMARTS) is 1. The van der Waals surface area contributed by atoms with Gasteiger partial charge in [0.15, 0.2) is 0 Å². The second-order valence-electron chi connectivity index (χ2n) is 4.44. The zero-order valence-corrected chi connectivity index (χ0v) is 10.5. The number of rotatable bonds is 6. The fourth-order valence-electron chi connectivity index (χ4n) is 1.76. The molecule has 0 radical (unpaired) electrons. The molecule has 1 aromatic rings. The zero-order valence-electron chi connectivity index (χ0n) is 10.5. The second kappa shape index (κ2) is 5.91. The van der Waals surface area contributed by atoms with Crippen LogP contribution in [0, 0.1) is 11.6 Å². The molecule has 0 amide bonds. The fourth-order valence-corrected chi connectivity index (χ4v) is 1.76. The van der Waals surface area contributed by atoms with Crippen LogP contribution in [-0.4, -0.2) is 16.6 Å². The molecule has 100 valence electrons. The summed E-state index contributed by atoms with van der Waals surface area (Å²) in [6.07, 6.45) is 1.05. The molecule has 0 aliphatic heterocycles. The van der Waals surface area contributed by atoms with E-state index in [0.29, 0.717) is 12.8 Å². The average molecular weight is 257 g/mol. The maximum absolute atomic E-state index is 13.4. The van der Waals surface area contributed by atoms with Crippen LogP contribution in [0.1, 0.15) is 32.3 Å². The van der Waals surface area contributed by atoms with E-state index in [1.165, 1.54) is 13.0 Å². The first kappa shape index (κ1) is 14.6. The molecule has 18 heavy (non-hydrogen) atoms. The lowest BCUT2D eigenvalue weighted by Gasteiger charge is -2.26. The summed E-state index contributed by atoms with van der Waals surface area (Å²) in [6, 6.07) is 3.58. The third-order valence-electron chi connectivity index (χ3n) is 2.94. The van der Waals surface area contributed by atoms with Gasteiger partial charge in [0, 0.05) is 12.1 Å². The predicted octanol–water partition coefficient (Wildman–Crippen LogP) is 2.70. The topological polar surface area (TPSA) is 49.3 Å². The summed E-state index contributed by atoms with van der Waals surface area (Å²) < 4.78 is 26.8. The number of benzene rings is 1. The molecule has 0 fully saturated rings. The van der Waals surface area contributed by atoms with E-state index in [1.54, 1.807) is 0 Å². The number of nitrogens with one attached hydrogen (secondary N) is 1. The van der Waals surface area contributed by atoms with Crippen molar-refractivity contribution in [3.05, 3.63) is 35.4 Å². The molecule has 0 spiro atoms. The summed E-state index contributed by atoms with van der Waals surface area (Å²) in [6.45, 7) is 3.21. The lowest BCUT2D eigenvalue weighted by molar-refractivity contribution is -0.144. The first-order valence-electron chi connectivity index (χ1n) is 5.82. The maximum Gasteiger partial charge on any atom is 0.323 e. The van der Waals surface area contributed by atoms with Gasteiger partial charge in [-0.25, -0.2) is 8.78 Å². The van der Waals surface area contributed by atoms with E-state index in [0.717, 1.165) is 12.1 Å². The second-order valence-corrected chi connectivity index (χ2v) is 4.44. The molecule has 0 aliphatic rings.